The lowest BCUT2D eigenvalue weighted by Gasteiger charge is -2.48. The molecule has 2 aromatic carbocycles. The smallest absolute Gasteiger partial charge is 0.387 e. The SMILES string of the molecule is O=C(c1ccc(F)cc1OC(F)F)C1CC2CCCC(C1)N2Cc1ccccc1. The summed E-state index contributed by atoms with van der Waals surface area (Å²) in [5, 5.41) is 0. The zero-order valence-electron chi connectivity index (χ0n) is 16.1. The van der Waals surface area contributed by atoms with E-state index in [9.17, 15) is 18.0 Å². The number of fused-ring (bicyclic) bond motifs is 2. The summed E-state index contributed by atoms with van der Waals surface area (Å²) >= 11 is 0. The Morgan fingerprint density at radius 1 is 1.07 bits per heavy atom. The van der Waals surface area contributed by atoms with Crippen LogP contribution in [0.3, 0.4) is 0 Å². The van der Waals surface area contributed by atoms with Crippen LogP contribution in [0.25, 0.3) is 0 Å². The lowest BCUT2D eigenvalue weighted by molar-refractivity contribution is -0.0504. The van der Waals surface area contributed by atoms with Crippen LogP contribution in [0.5, 0.6) is 5.75 Å². The fraction of sp³-hybridized carbons (Fsp3) is 0.435. The highest BCUT2D eigenvalue weighted by Crippen LogP contribution is 2.40. The average Bonchev–Trinajstić information content (AvgIpc) is 2.68. The second-order valence-electron chi connectivity index (χ2n) is 7.95. The number of Topliss-reactive ketones (excluding diaryl/α,β-unsaturated/α-hetero) is 1. The standard InChI is InChI=1S/C23H24F3NO2/c24-17-9-10-20(21(13-17)29-23(25)26)22(28)16-11-18-7-4-8-19(12-16)27(18)14-15-5-2-1-3-6-15/h1-3,5-6,9-10,13,16,18-19,23H,4,7-8,11-12,14H2. The molecular formula is C23H24F3NO2. The lowest BCUT2D eigenvalue weighted by Crippen LogP contribution is -2.52. The molecule has 2 bridgehead atoms. The van der Waals surface area contributed by atoms with Crippen molar-refractivity contribution in [3.63, 3.8) is 0 Å². The zero-order valence-corrected chi connectivity index (χ0v) is 16.1. The molecule has 154 valence electrons. The van der Waals surface area contributed by atoms with E-state index in [1.165, 1.54) is 11.6 Å². The Morgan fingerprint density at radius 2 is 1.76 bits per heavy atom. The summed E-state index contributed by atoms with van der Waals surface area (Å²) in [6, 6.07) is 14.1. The van der Waals surface area contributed by atoms with Gasteiger partial charge in [-0.05, 0) is 43.4 Å². The van der Waals surface area contributed by atoms with E-state index in [1.807, 2.05) is 18.2 Å². The molecule has 2 aliphatic rings. The first kappa shape index (κ1) is 20.0. The van der Waals surface area contributed by atoms with Crippen LogP contribution in [0.4, 0.5) is 13.2 Å². The van der Waals surface area contributed by atoms with Gasteiger partial charge < -0.3 is 4.74 Å². The van der Waals surface area contributed by atoms with Gasteiger partial charge in [-0.15, -0.1) is 0 Å². The molecule has 0 aromatic heterocycles. The van der Waals surface area contributed by atoms with E-state index in [4.69, 9.17) is 0 Å². The molecule has 0 amide bonds. The Labute approximate surface area is 168 Å². The molecule has 29 heavy (non-hydrogen) atoms. The van der Waals surface area contributed by atoms with Crippen molar-refractivity contribution < 1.29 is 22.7 Å². The highest BCUT2D eigenvalue weighted by Gasteiger charge is 2.41. The Kier molecular flexibility index (Phi) is 5.90. The molecular weight excluding hydrogens is 379 g/mol. The topological polar surface area (TPSA) is 29.5 Å². The molecule has 0 aliphatic carbocycles. The summed E-state index contributed by atoms with van der Waals surface area (Å²) in [5.74, 6) is -1.56. The Hall–Kier alpha value is -2.34. The number of halogens is 3. The number of hydrogen-bond donors (Lipinski definition) is 0. The zero-order chi connectivity index (χ0) is 20.4. The molecule has 4 rings (SSSR count). The molecule has 2 aromatic rings. The predicted octanol–water partition coefficient (Wildman–Crippen LogP) is 5.44. The Balaban J connectivity index is 1.52. The largest absolute Gasteiger partial charge is 0.434 e. The maximum absolute atomic E-state index is 13.5. The first-order chi connectivity index (χ1) is 14.0. The minimum atomic E-state index is -3.10. The van der Waals surface area contributed by atoms with Gasteiger partial charge in [-0.3, -0.25) is 9.69 Å². The molecule has 2 saturated heterocycles. The third kappa shape index (κ3) is 4.47. The Bertz CT molecular complexity index is 844. The highest BCUT2D eigenvalue weighted by atomic mass is 19.3. The van der Waals surface area contributed by atoms with Gasteiger partial charge in [0.05, 0.1) is 5.56 Å². The van der Waals surface area contributed by atoms with Crippen molar-refractivity contribution in [2.24, 2.45) is 5.92 Å². The summed E-state index contributed by atoms with van der Waals surface area (Å²) in [6.07, 6.45) is 4.56. The summed E-state index contributed by atoms with van der Waals surface area (Å²) in [4.78, 5) is 15.6. The van der Waals surface area contributed by atoms with Crippen molar-refractivity contribution in [1.29, 1.82) is 0 Å². The summed E-state index contributed by atoms with van der Waals surface area (Å²) in [7, 11) is 0. The van der Waals surface area contributed by atoms with Gasteiger partial charge in [0.15, 0.2) is 5.78 Å². The average molecular weight is 403 g/mol. The fourth-order valence-electron chi connectivity index (χ4n) is 4.86. The quantitative estimate of drug-likeness (QED) is 0.602. The van der Waals surface area contributed by atoms with Gasteiger partial charge in [-0.1, -0.05) is 36.8 Å². The molecule has 0 N–H and O–H groups in total. The van der Waals surface area contributed by atoms with Crippen LogP contribution in [-0.2, 0) is 6.54 Å². The van der Waals surface area contributed by atoms with Crippen molar-refractivity contribution in [1.82, 2.24) is 4.90 Å². The van der Waals surface area contributed by atoms with Crippen LogP contribution >= 0.6 is 0 Å². The van der Waals surface area contributed by atoms with Crippen LogP contribution in [0.1, 0.15) is 48.0 Å². The van der Waals surface area contributed by atoms with Gasteiger partial charge in [-0.25, -0.2) is 4.39 Å². The maximum atomic E-state index is 13.5. The van der Waals surface area contributed by atoms with Crippen LogP contribution in [0, 0.1) is 11.7 Å². The molecule has 3 nitrogen and oxygen atoms in total. The summed E-state index contributed by atoms with van der Waals surface area (Å²) in [6.45, 7) is -2.25. The van der Waals surface area contributed by atoms with E-state index in [0.717, 1.165) is 37.9 Å². The number of alkyl halides is 2. The molecule has 0 saturated carbocycles. The van der Waals surface area contributed by atoms with Crippen LogP contribution < -0.4 is 4.74 Å². The monoisotopic (exact) mass is 403 g/mol. The number of carbonyl (C=O) groups excluding carboxylic acids is 1. The molecule has 2 fully saturated rings. The maximum Gasteiger partial charge on any atom is 0.387 e. The number of rotatable bonds is 6. The van der Waals surface area contributed by atoms with Gasteiger partial charge in [0, 0.05) is 30.6 Å². The molecule has 2 heterocycles. The molecule has 2 aliphatic heterocycles. The van der Waals surface area contributed by atoms with E-state index < -0.39 is 12.4 Å². The molecule has 6 heteroatoms. The van der Waals surface area contributed by atoms with Gasteiger partial charge in [0.25, 0.3) is 0 Å². The third-order valence-corrected chi connectivity index (χ3v) is 6.13. The lowest BCUT2D eigenvalue weighted by atomic mass is 9.75. The molecule has 0 spiro atoms. The van der Waals surface area contributed by atoms with Crippen LogP contribution in [-0.4, -0.2) is 29.4 Å². The predicted molar refractivity (Wildman–Crippen MR) is 103 cm³/mol. The Morgan fingerprint density at radius 3 is 2.41 bits per heavy atom. The van der Waals surface area contributed by atoms with Gasteiger partial charge in [0.2, 0.25) is 0 Å². The first-order valence-electron chi connectivity index (χ1n) is 10.1. The van der Waals surface area contributed by atoms with Crippen molar-refractivity contribution >= 4 is 5.78 Å². The minimum Gasteiger partial charge on any atom is -0.434 e. The number of ether oxygens (including phenoxy) is 1. The van der Waals surface area contributed by atoms with Crippen molar-refractivity contribution in [2.45, 2.75) is 57.3 Å². The van der Waals surface area contributed by atoms with E-state index in [1.54, 1.807) is 0 Å². The number of hydrogen-bond acceptors (Lipinski definition) is 3. The normalized spacial score (nSPS) is 24.5. The second kappa shape index (κ2) is 8.57. The number of benzene rings is 2. The molecule has 0 radical (unpaired) electrons. The minimum absolute atomic E-state index is 0.0475. The highest BCUT2D eigenvalue weighted by molar-refractivity contribution is 6.00. The van der Waals surface area contributed by atoms with Gasteiger partial charge in [-0.2, -0.15) is 8.78 Å². The van der Waals surface area contributed by atoms with E-state index in [-0.39, 0.29) is 35.1 Å². The van der Waals surface area contributed by atoms with Crippen molar-refractivity contribution in [3.8, 4) is 5.75 Å². The van der Waals surface area contributed by atoms with Crippen LogP contribution in [0.15, 0.2) is 48.5 Å². The van der Waals surface area contributed by atoms with Gasteiger partial charge in [0.1, 0.15) is 11.6 Å². The van der Waals surface area contributed by atoms with Crippen LogP contribution in [0.2, 0.25) is 0 Å². The van der Waals surface area contributed by atoms with E-state index in [2.05, 4.69) is 21.8 Å². The van der Waals surface area contributed by atoms with Gasteiger partial charge >= 0.3 is 6.61 Å². The summed E-state index contributed by atoms with van der Waals surface area (Å²) in [5.41, 5.74) is 1.30. The van der Waals surface area contributed by atoms with Crippen molar-refractivity contribution in [2.75, 3.05) is 0 Å². The fourth-order valence-corrected chi connectivity index (χ4v) is 4.86. The number of piperidine rings is 2. The molecule has 2 atom stereocenters. The third-order valence-electron chi connectivity index (χ3n) is 6.13. The van der Waals surface area contributed by atoms with E-state index >= 15 is 0 Å². The van der Waals surface area contributed by atoms with E-state index in [0.29, 0.717) is 12.8 Å². The first-order valence-corrected chi connectivity index (χ1v) is 10.1. The van der Waals surface area contributed by atoms with Crippen molar-refractivity contribution in [3.05, 3.63) is 65.5 Å². The summed E-state index contributed by atoms with van der Waals surface area (Å²) < 4.78 is 43.4. The number of ketones is 1. The second-order valence-corrected chi connectivity index (χ2v) is 7.95. The number of carbonyl (C=O) groups is 1. The number of nitrogens with zero attached hydrogens (tertiary/aromatic N) is 1. The molecule has 2 unspecified atom stereocenters.